The molecule has 0 fully saturated rings. The van der Waals surface area contributed by atoms with Crippen molar-refractivity contribution in [2.45, 2.75) is 66.0 Å². The zero-order valence-corrected chi connectivity index (χ0v) is 22.7. The number of methoxy groups -OCH3 is 1. The first-order valence-electron chi connectivity index (χ1n) is 12.3. The Morgan fingerprint density at radius 1 is 1.29 bits per heavy atom. The van der Waals surface area contributed by atoms with E-state index in [1.165, 1.54) is 5.57 Å². The van der Waals surface area contributed by atoms with Crippen LogP contribution >= 0.6 is 11.6 Å². The lowest BCUT2D eigenvalue weighted by Gasteiger charge is -2.36. The van der Waals surface area contributed by atoms with Gasteiger partial charge >= 0.3 is 0 Å². The van der Waals surface area contributed by atoms with Gasteiger partial charge in [-0.05, 0) is 81.9 Å². The van der Waals surface area contributed by atoms with Gasteiger partial charge in [-0.15, -0.1) is 0 Å². The minimum atomic E-state index is -0.169. The number of carbonyl (C=O) groups is 1. The summed E-state index contributed by atoms with van der Waals surface area (Å²) in [6.45, 7) is 11.8. The summed E-state index contributed by atoms with van der Waals surface area (Å²) in [5.41, 5.74) is 6.01. The Hall–Kier alpha value is -2.70. The number of aryl methyl sites for hydroxylation is 3. The summed E-state index contributed by atoms with van der Waals surface area (Å²) in [5, 5.41) is 3.19. The van der Waals surface area contributed by atoms with Crippen molar-refractivity contribution in [2.24, 2.45) is 4.99 Å². The predicted molar refractivity (Wildman–Crippen MR) is 145 cm³/mol. The van der Waals surface area contributed by atoms with Gasteiger partial charge in [0.2, 0.25) is 0 Å². The largest absolute Gasteiger partial charge is 0.495 e. The molecule has 0 bridgehead atoms. The third-order valence-corrected chi connectivity index (χ3v) is 7.12. The predicted octanol–water partition coefficient (Wildman–Crippen LogP) is 5.58. The lowest BCUT2D eigenvalue weighted by Crippen LogP contribution is -2.45. The van der Waals surface area contributed by atoms with E-state index >= 15 is 0 Å². The lowest BCUT2D eigenvalue weighted by atomic mass is 9.99. The quantitative estimate of drug-likeness (QED) is 0.518. The van der Waals surface area contributed by atoms with Crippen LogP contribution in [0, 0.1) is 0 Å². The number of benzene rings is 1. The summed E-state index contributed by atoms with van der Waals surface area (Å²) in [5.74, 6) is 1.12. The molecule has 6 nitrogen and oxygen atoms in total. The fourth-order valence-electron chi connectivity index (χ4n) is 4.44. The Morgan fingerprint density at radius 2 is 2.03 bits per heavy atom. The summed E-state index contributed by atoms with van der Waals surface area (Å²) in [6, 6.07) is 6.55. The summed E-state index contributed by atoms with van der Waals surface area (Å²) < 4.78 is 5.39. The number of ether oxygens (including phenoxy) is 1. The third kappa shape index (κ3) is 6.30. The maximum absolute atomic E-state index is 12.2. The Morgan fingerprint density at radius 3 is 2.66 bits per heavy atom. The molecule has 3 rings (SSSR count). The molecule has 1 amide bonds. The van der Waals surface area contributed by atoms with Gasteiger partial charge in [0, 0.05) is 37.4 Å². The minimum absolute atomic E-state index is 0.169. The Labute approximate surface area is 214 Å². The van der Waals surface area contributed by atoms with Crippen molar-refractivity contribution in [3.63, 3.8) is 0 Å². The van der Waals surface area contributed by atoms with Gasteiger partial charge in [0.1, 0.15) is 5.75 Å². The first-order chi connectivity index (χ1) is 16.7. The van der Waals surface area contributed by atoms with Gasteiger partial charge < -0.3 is 10.1 Å². The molecular weight excluding hydrogens is 460 g/mol. The average molecular weight is 497 g/mol. The molecule has 1 N–H and O–H groups in total. The van der Waals surface area contributed by atoms with Crippen LogP contribution in [0.15, 0.2) is 41.0 Å². The molecule has 1 aromatic heterocycles. The molecule has 0 aliphatic carbocycles. The number of pyridine rings is 1. The number of carbonyl (C=O) groups excluding carboxylic acids is 1. The van der Waals surface area contributed by atoms with Crippen molar-refractivity contribution >= 4 is 29.0 Å². The Bertz CT molecular complexity index is 1140. The Balaban J connectivity index is 1.84. The van der Waals surface area contributed by atoms with Crippen molar-refractivity contribution in [3.05, 3.63) is 63.3 Å². The number of aliphatic imine (C=N–C) groups is 1. The molecule has 188 valence electrons. The van der Waals surface area contributed by atoms with Crippen molar-refractivity contribution in [1.82, 2.24) is 15.2 Å². The maximum Gasteiger partial charge on any atom is 0.251 e. The molecule has 0 saturated heterocycles. The molecule has 1 aromatic carbocycles. The normalized spacial score (nSPS) is 17.6. The number of halogens is 1. The molecule has 2 aromatic rings. The summed E-state index contributed by atoms with van der Waals surface area (Å²) in [4.78, 5) is 24.3. The number of aromatic nitrogens is 1. The highest BCUT2D eigenvalue weighted by atomic mass is 35.5. The van der Waals surface area contributed by atoms with Crippen LogP contribution in [-0.4, -0.2) is 54.3 Å². The van der Waals surface area contributed by atoms with Crippen molar-refractivity contribution < 1.29 is 9.53 Å². The standard InChI is InChI=1S/C28H37ClN4O2/c1-8-21-12-20(9-10-22-13-23(28(34)30-6)14-25(35-7)26(22)29)15-31-27(21)32-24-11-18(4)19(5)33(16-24)17(2)3/h11-15,17,19H,8-10,16H2,1-7H3,(H,30,34). The molecule has 1 atom stereocenters. The number of hydrogen-bond acceptors (Lipinski definition) is 5. The van der Waals surface area contributed by atoms with Crippen LogP contribution in [-0.2, 0) is 19.3 Å². The first kappa shape index (κ1) is 26.9. The molecule has 2 heterocycles. The van der Waals surface area contributed by atoms with E-state index in [1.807, 2.05) is 12.3 Å². The number of amides is 1. The number of rotatable bonds is 8. The van der Waals surface area contributed by atoms with Gasteiger partial charge in [-0.1, -0.05) is 30.2 Å². The Kier molecular flexibility index (Phi) is 9.09. The molecule has 0 saturated carbocycles. The first-order valence-corrected chi connectivity index (χ1v) is 12.6. The van der Waals surface area contributed by atoms with E-state index in [-0.39, 0.29) is 5.91 Å². The van der Waals surface area contributed by atoms with E-state index in [4.69, 9.17) is 26.3 Å². The van der Waals surface area contributed by atoms with Crippen molar-refractivity contribution in [3.8, 4) is 5.75 Å². The summed E-state index contributed by atoms with van der Waals surface area (Å²) >= 11 is 6.54. The van der Waals surface area contributed by atoms with Crippen LogP contribution in [0.2, 0.25) is 5.02 Å². The van der Waals surface area contributed by atoms with Crippen molar-refractivity contribution in [1.29, 1.82) is 0 Å². The number of nitrogens with one attached hydrogen (secondary N) is 1. The van der Waals surface area contributed by atoms with E-state index in [9.17, 15) is 4.79 Å². The van der Waals surface area contributed by atoms with Crippen molar-refractivity contribution in [2.75, 3.05) is 20.7 Å². The monoisotopic (exact) mass is 496 g/mol. The van der Waals surface area contributed by atoms with Crippen LogP contribution in [0.4, 0.5) is 5.82 Å². The zero-order valence-electron chi connectivity index (χ0n) is 21.9. The molecule has 1 aliphatic rings. The highest BCUT2D eigenvalue weighted by Crippen LogP contribution is 2.31. The third-order valence-electron chi connectivity index (χ3n) is 6.70. The summed E-state index contributed by atoms with van der Waals surface area (Å²) in [6.07, 6.45) is 6.36. The molecule has 7 heteroatoms. The maximum atomic E-state index is 12.2. The van der Waals surface area contributed by atoms with Gasteiger partial charge in [0.05, 0.1) is 17.8 Å². The van der Waals surface area contributed by atoms with Crippen LogP contribution < -0.4 is 10.1 Å². The lowest BCUT2D eigenvalue weighted by molar-refractivity contribution is 0.0962. The molecule has 0 spiro atoms. The topological polar surface area (TPSA) is 66.8 Å². The van der Waals surface area contributed by atoms with Crippen LogP contribution in [0.5, 0.6) is 5.75 Å². The minimum Gasteiger partial charge on any atom is -0.495 e. The second-order valence-electron chi connectivity index (χ2n) is 9.34. The highest BCUT2D eigenvalue weighted by molar-refractivity contribution is 6.33. The zero-order chi connectivity index (χ0) is 25.7. The molecular formula is C28H37ClN4O2. The van der Waals surface area contributed by atoms with Crippen LogP contribution in [0.25, 0.3) is 0 Å². The molecule has 1 unspecified atom stereocenters. The van der Waals surface area contributed by atoms with E-state index < -0.39 is 0 Å². The highest BCUT2D eigenvalue weighted by Gasteiger charge is 2.24. The van der Waals surface area contributed by atoms with Gasteiger partial charge in [-0.3, -0.25) is 9.69 Å². The second kappa shape index (κ2) is 11.8. The SMILES string of the molecule is CCc1cc(CCc2cc(C(=O)NC)cc(OC)c2Cl)cnc1N=C1C=C(C)C(C)N(C(C)C)C1. The fourth-order valence-corrected chi connectivity index (χ4v) is 4.72. The fraction of sp³-hybridized carbons (Fsp3) is 0.464. The van der Waals surface area contributed by atoms with Gasteiger partial charge in [-0.2, -0.15) is 0 Å². The van der Waals surface area contributed by atoms with E-state index in [0.717, 1.165) is 47.6 Å². The van der Waals surface area contributed by atoms with Crippen LogP contribution in [0.1, 0.15) is 61.7 Å². The van der Waals surface area contributed by atoms with Gasteiger partial charge in [0.25, 0.3) is 5.91 Å². The summed E-state index contributed by atoms with van der Waals surface area (Å²) in [7, 11) is 3.16. The second-order valence-corrected chi connectivity index (χ2v) is 9.72. The van der Waals surface area contributed by atoms with E-state index in [0.29, 0.717) is 34.8 Å². The molecule has 35 heavy (non-hydrogen) atoms. The van der Waals surface area contributed by atoms with Gasteiger partial charge in [-0.25, -0.2) is 9.98 Å². The van der Waals surface area contributed by atoms with Crippen LogP contribution in [0.3, 0.4) is 0 Å². The van der Waals surface area contributed by atoms with E-state index in [2.05, 4.69) is 57.0 Å². The smallest absolute Gasteiger partial charge is 0.251 e. The molecule has 0 radical (unpaired) electrons. The molecule has 1 aliphatic heterocycles. The number of hydrogen-bond donors (Lipinski definition) is 1. The van der Waals surface area contributed by atoms with E-state index in [1.54, 1.807) is 20.2 Å². The van der Waals surface area contributed by atoms with Gasteiger partial charge in [0.15, 0.2) is 5.82 Å². The number of nitrogens with zero attached hydrogens (tertiary/aromatic N) is 3. The average Bonchev–Trinajstić information content (AvgIpc) is 2.85.